The maximum absolute atomic E-state index is 12.9. The van der Waals surface area contributed by atoms with Crippen LogP contribution in [0.1, 0.15) is 73.7 Å². The van der Waals surface area contributed by atoms with Gasteiger partial charge in [0, 0.05) is 30.3 Å². The highest BCUT2D eigenvalue weighted by atomic mass is 16.5. The Bertz CT molecular complexity index is 1390. The van der Waals surface area contributed by atoms with Crippen LogP contribution in [0.4, 0.5) is 11.8 Å². The van der Waals surface area contributed by atoms with Crippen molar-refractivity contribution in [2.45, 2.75) is 57.9 Å². The van der Waals surface area contributed by atoms with Crippen LogP contribution in [0.25, 0.3) is 11.4 Å². The number of amides is 1. The third-order valence-electron chi connectivity index (χ3n) is 6.07. The Labute approximate surface area is 208 Å². The van der Waals surface area contributed by atoms with Crippen molar-refractivity contribution < 1.29 is 9.32 Å². The highest BCUT2D eigenvalue weighted by Gasteiger charge is 2.27. The molecule has 0 fully saturated rings. The monoisotopic (exact) mass is 487 g/mol. The molecule has 1 amide bonds. The summed E-state index contributed by atoms with van der Waals surface area (Å²) in [6.07, 6.45) is 7.11. The first-order valence-electron chi connectivity index (χ1n) is 12.0. The number of benzene rings is 1. The zero-order valence-electron chi connectivity index (χ0n) is 20.8. The van der Waals surface area contributed by atoms with Gasteiger partial charge < -0.3 is 15.2 Å². The number of aryl methyl sites for hydroxylation is 2. The van der Waals surface area contributed by atoms with E-state index in [-0.39, 0.29) is 23.2 Å². The van der Waals surface area contributed by atoms with E-state index in [0.29, 0.717) is 23.5 Å². The molecule has 0 radical (unpaired) electrons. The standard InChI is InChI=1S/C25H29N9O2/c1-25(2,3)23-30-21(33-36-23)22(35)28-18-8-6-5-7-15-13-16(9-10-17(15)18)20-26-14-27-24(31-20)29-19-11-12-34(4)32-19/h9-14,18H,5-8H2,1-4H3,(H,28,35)(H,26,27,29,31,32). The average molecular weight is 488 g/mol. The molecule has 2 N–H and O–H groups in total. The molecule has 0 aliphatic heterocycles. The van der Waals surface area contributed by atoms with E-state index in [0.717, 1.165) is 36.8 Å². The number of fused-ring (bicyclic) bond motifs is 1. The predicted molar refractivity (Wildman–Crippen MR) is 133 cm³/mol. The van der Waals surface area contributed by atoms with Gasteiger partial charge in [0.25, 0.3) is 11.7 Å². The molecule has 3 aromatic heterocycles. The van der Waals surface area contributed by atoms with Crippen LogP contribution in [0.15, 0.2) is 41.3 Å². The zero-order chi connectivity index (χ0) is 25.3. The van der Waals surface area contributed by atoms with Crippen LogP contribution in [0.2, 0.25) is 0 Å². The summed E-state index contributed by atoms with van der Waals surface area (Å²) >= 11 is 0. The SMILES string of the molecule is Cn1ccc(Nc2ncnc(-c3ccc4c(c3)CCCCC4NC(=O)c3noc(C(C)(C)C)n3)n2)n1. The molecule has 5 rings (SSSR count). The van der Waals surface area contributed by atoms with Gasteiger partial charge in [-0.1, -0.05) is 44.5 Å². The van der Waals surface area contributed by atoms with Gasteiger partial charge in [-0.3, -0.25) is 9.48 Å². The number of hydrogen-bond acceptors (Lipinski definition) is 9. The summed E-state index contributed by atoms with van der Waals surface area (Å²) in [5, 5.41) is 14.4. The molecule has 1 aliphatic carbocycles. The van der Waals surface area contributed by atoms with Gasteiger partial charge in [0.15, 0.2) is 11.6 Å². The van der Waals surface area contributed by atoms with E-state index in [1.807, 2.05) is 52.2 Å². The maximum atomic E-state index is 12.9. The molecule has 0 bridgehead atoms. The van der Waals surface area contributed by atoms with Crippen molar-refractivity contribution in [1.29, 1.82) is 0 Å². The second-order valence-electron chi connectivity index (χ2n) is 9.99. The smallest absolute Gasteiger partial charge is 0.293 e. The summed E-state index contributed by atoms with van der Waals surface area (Å²) in [5.41, 5.74) is 2.82. The molecular formula is C25H29N9O2. The van der Waals surface area contributed by atoms with Crippen molar-refractivity contribution in [1.82, 2.24) is 40.2 Å². The van der Waals surface area contributed by atoms with Crippen molar-refractivity contribution in [3.8, 4) is 11.4 Å². The fourth-order valence-electron chi connectivity index (χ4n) is 4.21. The van der Waals surface area contributed by atoms with Crippen LogP contribution in [0.5, 0.6) is 0 Å². The number of aromatic nitrogens is 7. The van der Waals surface area contributed by atoms with E-state index in [4.69, 9.17) is 4.52 Å². The zero-order valence-corrected chi connectivity index (χ0v) is 20.8. The van der Waals surface area contributed by atoms with E-state index in [1.54, 1.807) is 4.68 Å². The van der Waals surface area contributed by atoms with Crippen LogP contribution in [-0.4, -0.2) is 40.8 Å². The van der Waals surface area contributed by atoms with Crippen LogP contribution in [0.3, 0.4) is 0 Å². The average Bonchev–Trinajstić information content (AvgIpc) is 3.46. The summed E-state index contributed by atoms with van der Waals surface area (Å²) in [6, 6.07) is 7.84. The molecule has 186 valence electrons. The number of hydrogen-bond donors (Lipinski definition) is 2. The van der Waals surface area contributed by atoms with Crippen molar-refractivity contribution in [2.24, 2.45) is 7.05 Å². The molecule has 3 heterocycles. The Kier molecular flexibility index (Phi) is 6.21. The number of nitrogens with zero attached hydrogens (tertiary/aromatic N) is 7. The quantitative estimate of drug-likeness (QED) is 0.402. The third kappa shape index (κ3) is 5.09. The highest BCUT2D eigenvalue weighted by Crippen LogP contribution is 2.32. The van der Waals surface area contributed by atoms with Gasteiger partial charge in [-0.05, 0) is 36.5 Å². The van der Waals surface area contributed by atoms with Crippen molar-refractivity contribution in [3.63, 3.8) is 0 Å². The normalized spacial score (nSPS) is 15.7. The Balaban J connectivity index is 1.36. The highest BCUT2D eigenvalue weighted by molar-refractivity contribution is 5.90. The number of carbonyl (C=O) groups is 1. The van der Waals surface area contributed by atoms with E-state index in [2.05, 4.69) is 46.9 Å². The van der Waals surface area contributed by atoms with Gasteiger partial charge >= 0.3 is 0 Å². The minimum Gasteiger partial charge on any atom is -0.342 e. The molecule has 0 saturated carbocycles. The third-order valence-corrected chi connectivity index (χ3v) is 6.07. The van der Waals surface area contributed by atoms with Gasteiger partial charge in [-0.2, -0.15) is 15.1 Å². The maximum Gasteiger partial charge on any atom is 0.293 e. The minimum atomic E-state index is -0.334. The lowest BCUT2D eigenvalue weighted by Gasteiger charge is -2.19. The topological polar surface area (TPSA) is 137 Å². The van der Waals surface area contributed by atoms with Crippen LogP contribution in [-0.2, 0) is 18.9 Å². The number of anilines is 2. The van der Waals surface area contributed by atoms with E-state index in [1.165, 1.54) is 11.9 Å². The fraction of sp³-hybridized carbons (Fsp3) is 0.400. The Hall–Kier alpha value is -4.15. The largest absolute Gasteiger partial charge is 0.342 e. The van der Waals surface area contributed by atoms with Gasteiger partial charge in [0.2, 0.25) is 11.8 Å². The van der Waals surface area contributed by atoms with Crippen molar-refractivity contribution in [3.05, 3.63) is 59.6 Å². The first-order chi connectivity index (χ1) is 17.3. The molecule has 36 heavy (non-hydrogen) atoms. The number of carbonyl (C=O) groups excluding carboxylic acids is 1. The molecule has 11 heteroatoms. The Morgan fingerprint density at radius 1 is 1.14 bits per heavy atom. The lowest BCUT2D eigenvalue weighted by Crippen LogP contribution is -2.29. The van der Waals surface area contributed by atoms with Gasteiger partial charge in [-0.15, -0.1) is 0 Å². The number of rotatable bonds is 5. The van der Waals surface area contributed by atoms with Gasteiger partial charge in [-0.25, -0.2) is 9.97 Å². The molecule has 4 aromatic rings. The second kappa shape index (κ2) is 9.48. The summed E-state index contributed by atoms with van der Waals surface area (Å²) in [4.78, 5) is 30.4. The second-order valence-corrected chi connectivity index (χ2v) is 9.99. The van der Waals surface area contributed by atoms with E-state index >= 15 is 0 Å². The molecule has 1 unspecified atom stereocenters. The lowest BCUT2D eigenvalue weighted by atomic mass is 9.96. The molecule has 11 nitrogen and oxygen atoms in total. The van der Waals surface area contributed by atoms with Crippen molar-refractivity contribution >= 4 is 17.7 Å². The van der Waals surface area contributed by atoms with Gasteiger partial charge in [0.1, 0.15) is 6.33 Å². The molecular weight excluding hydrogens is 458 g/mol. The van der Waals surface area contributed by atoms with Gasteiger partial charge in [0.05, 0.1) is 6.04 Å². The first-order valence-corrected chi connectivity index (χ1v) is 12.0. The summed E-state index contributed by atoms with van der Waals surface area (Å²) in [5.74, 6) is 1.81. The molecule has 0 spiro atoms. The van der Waals surface area contributed by atoms with Crippen LogP contribution < -0.4 is 10.6 Å². The van der Waals surface area contributed by atoms with E-state index in [9.17, 15) is 4.79 Å². The first kappa shape index (κ1) is 23.6. The molecule has 1 atom stereocenters. The van der Waals surface area contributed by atoms with Crippen LogP contribution in [0, 0.1) is 0 Å². The van der Waals surface area contributed by atoms with E-state index < -0.39 is 0 Å². The fourth-order valence-corrected chi connectivity index (χ4v) is 4.21. The lowest BCUT2D eigenvalue weighted by molar-refractivity contribution is 0.0921. The summed E-state index contributed by atoms with van der Waals surface area (Å²) < 4.78 is 7.00. The molecule has 1 aromatic carbocycles. The Morgan fingerprint density at radius 3 is 2.75 bits per heavy atom. The molecule has 0 saturated heterocycles. The Morgan fingerprint density at radius 2 is 2.00 bits per heavy atom. The van der Waals surface area contributed by atoms with Crippen molar-refractivity contribution in [2.75, 3.05) is 5.32 Å². The molecule has 1 aliphatic rings. The minimum absolute atomic E-state index is 0.0560. The van der Waals surface area contributed by atoms with Crippen LogP contribution >= 0.6 is 0 Å². The predicted octanol–water partition coefficient (Wildman–Crippen LogP) is 3.89. The summed E-state index contributed by atoms with van der Waals surface area (Å²) in [6.45, 7) is 5.89. The summed E-state index contributed by atoms with van der Waals surface area (Å²) in [7, 11) is 1.85. The number of nitrogens with one attached hydrogen (secondary N) is 2.